The molecular weight excluding hydrogens is 947 g/mol. The lowest BCUT2D eigenvalue weighted by Gasteiger charge is -1.82. The number of aromatic nitrogens is 19. The van der Waals surface area contributed by atoms with Crippen molar-refractivity contribution in [3.63, 3.8) is 0 Å². The molecule has 9 heterocycles. The normalized spacial score (nSPS) is 7.59. The van der Waals surface area contributed by atoms with Crippen LogP contribution in [0.3, 0.4) is 0 Å². The first-order chi connectivity index (χ1) is 36.0. The first kappa shape index (κ1) is 83.6. The minimum Gasteiger partial charge on any atom is -0.265 e. The molecule has 0 unspecified atom stereocenters. The van der Waals surface area contributed by atoms with Gasteiger partial charge in [0.05, 0.1) is 65.5 Å². The van der Waals surface area contributed by atoms with E-state index in [0.29, 0.717) is 0 Å². The maximum absolute atomic E-state index is 4.03. The second-order valence-corrected chi connectivity index (χ2v) is 12.5. The molecule has 0 atom stereocenters. The van der Waals surface area contributed by atoms with E-state index in [2.05, 4.69) is 93.6 Å². The zero-order valence-corrected chi connectivity index (χ0v) is 51.4. The van der Waals surface area contributed by atoms with E-state index in [4.69, 9.17) is 0 Å². The van der Waals surface area contributed by atoms with Gasteiger partial charge in [-0.15, -0.1) is 16.4 Å². The summed E-state index contributed by atoms with van der Waals surface area (Å²) in [6, 6.07) is 13.7. The summed E-state index contributed by atoms with van der Waals surface area (Å²) in [4.78, 5) is 18.6. The van der Waals surface area contributed by atoms with Crippen LogP contribution in [0.15, 0.2) is 122 Å². The lowest BCUT2D eigenvalue weighted by molar-refractivity contribution is 0.654. The molecule has 0 aromatic carbocycles. The number of aromatic amines is 3. The van der Waals surface area contributed by atoms with Gasteiger partial charge in [0.15, 0.2) is 0 Å². The van der Waals surface area contributed by atoms with Crippen LogP contribution in [0.2, 0.25) is 0 Å². The smallest absolute Gasteiger partial charge is 0.0797 e. The fourth-order valence-corrected chi connectivity index (χ4v) is 3.60. The molecule has 0 saturated carbocycles. The molecule has 0 saturated heterocycles. The van der Waals surface area contributed by atoms with E-state index in [1.165, 1.54) is 20.8 Å². The van der Waals surface area contributed by atoms with Crippen molar-refractivity contribution in [2.24, 2.45) is 14.1 Å². The Bertz CT molecular complexity index is 1820. The molecule has 9 rings (SSSR count). The van der Waals surface area contributed by atoms with Gasteiger partial charge in [-0.2, -0.15) is 61.2 Å². The van der Waals surface area contributed by atoms with Crippen molar-refractivity contribution in [1.29, 1.82) is 0 Å². The predicted octanol–water partition coefficient (Wildman–Crippen LogP) is 14.1. The van der Waals surface area contributed by atoms with Crippen LogP contribution in [0.25, 0.3) is 0 Å². The zero-order valence-electron chi connectivity index (χ0n) is 50.6. The Balaban J connectivity index is -0.000000107. The van der Waals surface area contributed by atoms with Gasteiger partial charge in [0.1, 0.15) is 0 Å². The van der Waals surface area contributed by atoms with Gasteiger partial charge < -0.3 is 0 Å². The number of nitrogens with one attached hydrogen (secondary N) is 3. The molecule has 0 amide bonds. The van der Waals surface area contributed by atoms with Gasteiger partial charge >= 0.3 is 0 Å². The third-order valence-corrected chi connectivity index (χ3v) is 7.00. The van der Waals surface area contributed by atoms with Gasteiger partial charge in [0, 0.05) is 61.8 Å². The molecule has 0 aliphatic heterocycles. The Morgan fingerprint density at radius 1 is 0.419 bits per heavy atom. The summed E-state index contributed by atoms with van der Waals surface area (Å²) >= 11 is 1.69. The van der Waals surface area contributed by atoms with Crippen molar-refractivity contribution >= 4 is 11.3 Å². The largest absolute Gasteiger partial charge is 0.265 e. The molecule has 0 fully saturated rings. The van der Waals surface area contributed by atoms with Gasteiger partial charge in [-0.05, 0) is 96.8 Å². The molecule has 0 spiro atoms. The Morgan fingerprint density at radius 2 is 0.878 bits per heavy atom. The van der Waals surface area contributed by atoms with E-state index in [1.807, 2.05) is 220 Å². The topological polar surface area (TPSA) is 238 Å². The lowest BCUT2D eigenvalue weighted by Crippen LogP contribution is -1.89. The molecule has 20 heteroatoms. The summed E-state index contributed by atoms with van der Waals surface area (Å²) in [6.07, 6.45) is 20.7. The second-order valence-electron chi connectivity index (χ2n) is 11.4. The average Bonchev–Trinajstić information content (AvgIpc) is 4.37. The van der Waals surface area contributed by atoms with E-state index >= 15 is 0 Å². The van der Waals surface area contributed by atoms with Crippen LogP contribution in [0.5, 0.6) is 0 Å². The van der Waals surface area contributed by atoms with Crippen molar-refractivity contribution in [2.45, 2.75) is 166 Å². The van der Waals surface area contributed by atoms with Gasteiger partial charge in [0.25, 0.3) is 0 Å². The van der Waals surface area contributed by atoms with Gasteiger partial charge in [-0.25, -0.2) is 4.98 Å². The second kappa shape index (κ2) is 74.7. The number of hydrogen-bond acceptors (Lipinski definition) is 15. The Morgan fingerprint density at radius 3 is 1.01 bits per heavy atom. The third kappa shape index (κ3) is 69.0. The van der Waals surface area contributed by atoms with Crippen molar-refractivity contribution in [1.82, 2.24) is 96.2 Å². The average molecular weight is 1050 g/mol. The summed E-state index contributed by atoms with van der Waals surface area (Å²) in [6.45, 7) is 47.8. The van der Waals surface area contributed by atoms with Crippen LogP contribution < -0.4 is 0 Å². The highest BCUT2D eigenvalue weighted by molar-refractivity contribution is 7.09. The van der Waals surface area contributed by atoms with Crippen LogP contribution in [0.4, 0.5) is 0 Å². The minimum atomic E-state index is 0.926. The molecule has 0 aliphatic rings. The molecule has 3 N–H and O–H groups in total. The van der Waals surface area contributed by atoms with Gasteiger partial charge in [0.2, 0.25) is 0 Å². The maximum Gasteiger partial charge on any atom is 0.0797 e. The first-order valence-electron chi connectivity index (χ1n) is 25.5. The summed E-state index contributed by atoms with van der Waals surface area (Å²) in [5.41, 5.74) is 9.34. The van der Waals surface area contributed by atoms with Crippen molar-refractivity contribution < 1.29 is 0 Å². The molecule has 74 heavy (non-hydrogen) atoms. The molecular formula is C54H101N19S. The fraction of sp³-hybridized carbons (Fsp3) is 0.481. The van der Waals surface area contributed by atoms with Crippen LogP contribution in [-0.4, -0.2) is 96.2 Å². The van der Waals surface area contributed by atoms with Crippen molar-refractivity contribution in [3.05, 3.63) is 167 Å². The number of nitrogens with zero attached hydrogens (tertiary/aromatic N) is 16. The van der Waals surface area contributed by atoms with Crippen molar-refractivity contribution in [3.8, 4) is 0 Å². The van der Waals surface area contributed by atoms with Crippen LogP contribution in [0, 0.1) is 55.4 Å². The molecule has 9 aromatic rings. The van der Waals surface area contributed by atoms with Gasteiger partial charge in [-0.1, -0.05) is 128 Å². The quantitative estimate of drug-likeness (QED) is 0.128. The first-order valence-corrected chi connectivity index (χ1v) is 26.4. The highest BCUT2D eigenvalue weighted by atomic mass is 32.1. The van der Waals surface area contributed by atoms with E-state index in [-0.39, 0.29) is 0 Å². The molecule has 0 radical (unpaired) electrons. The SMILES string of the molecule is CC.CC.CC.CC.CC.CC.CC.CC.Cc1ccccn1.Cc1cccnc1.Cc1ccncc1.Cc1cn[nH]n1.Cc1cn[nH]n1.Cc1cn[nH]n1.Cc1ncsc1C.Cn1ccnn1.Cn1nccn1. The molecule has 0 bridgehead atoms. The highest BCUT2D eigenvalue weighted by Crippen LogP contribution is 2.08. The zero-order chi connectivity index (χ0) is 58.6. The summed E-state index contributed by atoms with van der Waals surface area (Å²) in [7, 11) is 3.60. The monoisotopic (exact) mass is 1050 g/mol. The standard InChI is InChI=1S/3C6H7N.C5H7NS.5C3H5N3.8C2H6/c1-6-2-4-7-5-3-6;1-6-3-2-4-7-5-6;1-6-4-2-3-5-7-6;1-4-5(2)7-3-6-4;1-6-3-2-4-5-6;1-6-4-2-3-5-6;3*1-3-2-4-6-5-3;8*1-2/h3*2-5H,1H3;3H,1-2H3;2*2-3H,1H3;3*2H,1H3,(H,4,5,6);8*1-2H3. The number of aryl methyl sites for hydroxylation is 10. The van der Waals surface area contributed by atoms with E-state index < -0.39 is 0 Å². The number of thiazole rings is 1. The Labute approximate surface area is 452 Å². The predicted molar refractivity (Wildman–Crippen MR) is 315 cm³/mol. The number of hydrogen-bond donors (Lipinski definition) is 3. The lowest BCUT2D eigenvalue weighted by atomic mass is 10.3. The Kier molecular flexibility index (Phi) is 84.4. The molecule has 0 aliphatic carbocycles. The number of rotatable bonds is 0. The Hall–Kier alpha value is -7.22. The molecule has 9 aromatic heterocycles. The minimum absolute atomic E-state index is 0.926. The van der Waals surface area contributed by atoms with Crippen molar-refractivity contribution in [2.75, 3.05) is 0 Å². The van der Waals surface area contributed by atoms with Crippen LogP contribution in [0.1, 0.15) is 155 Å². The number of H-pyrrole nitrogens is 3. The maximum atomic E-state index is 4.03. The van der Waals surface area contributed by atoms with E-state index in [0.717, 1.165) is 28.5 Å². The number of pyridine rings is 3. The highest BCUT2D eigenvalue weighted by Gasteiger charge is 1.89. The molecule has 19 nitrogen and oxygen atoms in total. The van der Waals surface area contributed by atoms with E-state index in [1.54, 1.807) is 91.2 Å². The van der Waals surface area contributed by atoms with Crippen LogP contribution in [-0.2, 0) is 14.1 Å². The summed E-state index contributed by atoms with van der Waals surface area (Å²) in [5, 5.41) is 43.6. The summed E-state index contributed by atoms with van der Waals surface area (Å²) in [5.74, 6) is 0. The van der Waals surface area contributed by atoms with Crippen LogP contribution >= 0.6 is 11.3 Å². The van der Waals surface area contributed by atoms with Gasteiger partial charge in [-0.3, -0.25) is 19.6 Å². The molecule has 418 valence electrons. The third-order valence-electron chi connectivity index (χ3n) is 6.14. The fourth-order valence-electron chi connectivity index (χ4n) is 3.01. The summed E-state index contributed by atoms with van der Waals surface area (Å²) < 4.78 is 1.64. The van der Waals surface area contributed by atoms with E-state index in [9.17, 15) is 0 Å².